The number of aryl methyl sites for hydroxylation is 1. The number of benzene rings is 1. The summed E-state index contributed by atoms with van der Waals surface area (Å²) in [5.74, 6) is -0.184. The van der Waals surface area contributed by atoms with E-state index in [4.69, 9.17) is 0 Å². The highest BCUT2D eigenvalue weighted by Crippen LogP contribution is 2.34. The summed E-state index contributed by atoms with van der Waals surface area (Å²) >= 11 is 1.57. The lowest BCUT2D eigenvalue weighted by atomic mass is 9.97. The van der Waals surface area contributed by atoms with Crippen molar-refractivity contribution in [3.63, 3.8) is 0 Å². The number of hydrogen-bond acceptors (Lipinski definition) is 3. The second-order valence-electron chi connectivity index (χ2n) is 4.80. The number of hydrogen-bond donors (Lipinski definition) is 0. The first kappa shape index (κ1) is 12.9. The molecule has 0 aliphatic heterocycles. The molecule has 0 N–H and O–H groups in total. The molecule has 1 atom stereocenters. The highest BCUT2D eigenvalue weighted by molar-refractivity contribution is 7.10. The van der Waals surface area contributed by atoms with Gasteiger partial charge in [-0.25, -0.2) is 0 Å². The average molecular weight is 286 g/mol. The van der Waals surface area contributed by atoms with Crippen molar-refractivity contribution >= 4 is 22.2 Å². The first-order valence-electron chi connectivity index (χ1n) is 6.36. The number of thiophene rings is 1. The third kappa shape index (κ3) is 2.20. The maximum absolute atomic E-state index is 11.0. The summed E-state index contributed by atoms with van der Waals surface area (Å²) in [6, 6.07) is 11.9. The zero-order valence-corrected chi connectivity index (χ0v) is 11.8. The molecule has 0 fully saturated rings. The van der Waals surface area contributed by atoms with Crippen molar-refractivity contribution in [3.05, 3.63) is 68.5 Å². The van der Waals surface area contributed by atoms with Crippen LogP contribution in [0.25, 0.3) is 10.9 Å². The summed E-state index contributed by atoms with van der Waals surface area (Å²) in [6.45, 7) is -0.0749. The topological polar surface area (TPSA) is 48.1 Å². The Morgan fingerprint density at radius 3 is 2.80 bits per heavy atom. The largest absolute Gasteiger partial charge is 0.350 e. The van der Waals surface area contributed by atoms with E-state index in [1.54, 1.807) is 11.3 Å². The normalized spacial score (nSPS) is 12.7. The van der Waals surface area contributed by atoms with Crippen molar-refractivity contribution in [2.45, 2.75) is 5.92 Å². The van der Waals surface area contributed by atoms with E-state index in [1.807, 2.05) is 59.6 Å². The first-order chi connectivity index (χ1) is 9.66. The van der Waals surface area contributed by atoms with E-state index in [2.05, 4.69) is 0 Å². The second-order valence-corrected chi connectivity index (χ2v) is 5.78. The Labute approximate surface area is 120 Å². The Bertz CT molecular complexity index is 746. The van der Waals surface area contributed by atoms with Gasteiger partial charge in [0.2, 0.25) is 6.54 Å². The Morgan fingerprint density at radius 1 is 1.30 bits per heavy atom. The van der Waals surface area contributed by atoms with Crippen molar-refractivity contribution in [1.29, 1.82) is 0 Å². The summed E-state index contributed by atoms with van der Waals surface area (Å²) in [7, 11) is 1.98. The number of nitrogens with zero attached hydrogens (tertiary/aromatic N) is 2. The van der Waals surface area contributed by atoms with Crippen molar-refractivity contribution in [3.8, 4) is 0 Å². The van der Waals surface area contributed by atoms with Crippen LogP contribution >= 0.6 is 11.3 Å². The molecule has 5 heteroatoms. The van der Waals surface area contributed by atoms with Gasteiger partial charge in [-0.3, -0.25) is 10.1 Å². The second kappa shape index (κ2) is 5.09. The van der Waals surface area contributed by atoms with E-state index in [1.165, 1.54) is 0 Å². The van der Waals surface area contributed by atoms with Gasteiger partial charge in [0.05, 0.1) is 5.92 Å². The van der Waals surface area contributed by atoms with Crippen molar-refractivity contribution < 1.29 is 4.92 Å². The molecule has 0 aliphatic rings. The maximum atomic E-state index is 11.0. The number of rotatable bonds is 4. The summed E-state index contributed by atoms with van der Waals surface area (Å²) in [5.41, 5.74) is 2.13. The highest BCUT2D eigenvalue weighted by Gasteiger charge is 2.24. The third-order valence-corrected chi connectivity index (χ3v) is 4.51. The smallest absolute Gasteiger partial charge is 0.215 e. The molecule has 3 rings (SSSR count). The lowest BCUT2D eigenvalue weighted by Gasteiger charge is -2.10. The van der Waals surface area contributed by atoms with Crippen molar-refractivity contribution in [2.75, 3.05) is 6.54 Å². The first-order valence-corrected chi connectivity index (χ1v) is 7.24. The molecule has 3 aromatic rings. The summed E-state index contributed by atoms with van der Waals surface area (Å²) < 4.78 is 2.03. The third-order valence-electron chi connectivity index (χ3n) is 3.52. The van der Waals surface area contributed by atoms with Gasteiger partial charge in [-0.15, -0.1) is 11.3 Å². The van der Waals surface area contributed by atoms with Crippen LogP contribution in [-0.2, 0) is 7.05 Å². The van der Waals surface area contributed by atoms with Crippen LogP contribution in [0.1, 0.15) is 16.4 Å². The van der Waals surface area contributed by atoms with E-state index in [-0.39, 0.29) is 17.4 Å². The molecule has 0 spiro atoms. The number of para-hydroxylation sites is 1. The van der Waals surface area contributed by atoms with Gasteiger partial charge < -0.3 is 4.57 Å². The SMILES string of the molecule is Cn1cc([C@@H](C[N+](=O)[O-])c2cccs2)c2ccccc21. The molecule has 2 heterocycles. The van der Waals surface area contributed by atoms with E-state index in [0.717, 1.165) is 21.3 Å². The minimum absolute atomic E-state index is 0.0749. The van der Waals surface area contributed by atoms with Gasteiger partial charge in [-0.2, -0.15) is 0 Å². The van der Waals surface area contributed by atoms with Crippen LogP contribution in [0.5, 0.6) is 0 Å². The molecule has 1 aromatic carbocycles. The minimum Gasteiger partial charge on any atom is -0.350 e. The highest BCUT2D eigenvalue weighted by atomic mass is 32.1. The Balaban J connectivity index is 2.16. The predicted octanol–water partition coefficient (Wildman–Crippen LogP) is 3.65. The zero-order chi connectivity index (χ0) is 14.1. The minimum atomic E-state index is -0.230. The van der Waals surface area contributed by atoms with Crippen LogP contribution in [0.2, 0.25) is 0 Å². The summed E-state index contributed by atoms with van der Waals surface area (Å²) in [5, 5.41) is 14.1. The number of aromatic nitrogens is 1. The van der Waals surface area contributed by atoms with E-state index < -0.39 is 0 Å². The molecule has 2 aromatic heterocycles. The molecule has 102 valence electrons. The molecule has 0 amide bonds. The van der Waals surface area contributed by atoms with Crippen molar-refractivity contribution in [2.24, 2.45) is 7.05 Å². The van der Waals surface area contributed by atoms with E-state index in [0.29, 0.717) is 0 Å². The molecule has 0 bridgehead atoms. The zero-order valence-electron chi connectivity index (χ0n) is 11.0. The molecule has 20 heavy (non-hydrogen) atoms. The van der Waals surface area contributed by atoms with Gasteiger partial charge >= 0.3 is 0 Å². The van der Waals surface area contributed by atoms with Gasteiger partial charge in [0.1, 0.15) is 0 Å². The van der Waals surface area contributed by atoms with Crippen LogP contribution in [0.15, 0.2) is 48.0 Å². The fraction of sp³-hybridized carbons (Fsp3) is 0.200. The van der Waals surface area contributed by atoms with Gasteiger partial charge in [-0.1, -0.05) is 24.3 Å². The molecule has 0 aliphatic carbocycles. The number of nitro groups is 1. The fourth-order valence-corrected chi connectivity index (χ4v) is 3.47. The Kier molecular flexibility index (Phi) is 3.28. The lowest BCUT2D eigenvalue weighted by Crippen LogP contribution is -2.12. The predicted molar refractivity (Wildman–Crippen MR) is 80.9 cm³/mol. The van der Waals surface area contributed by atoms with Crippen molar-refractivity contribution in [1.82, 2.24) is 4.57 Å². The molecular formula is C15H14N2O2S. The standard InChI is InChI=1S/C15H14N2O2S/c1-16-9-12(11-5-2-3-6-14(11)16)13(10-17(18)19)15-7-4-8-20-15/h2-9,13H,10H2,1H3/t13-/m1/s1. The van der Waals surface area contributed by atoms with Gasteiger partial charge in [0.15, 0.2) is 0 Å². The van der Waals surface area contributed by atoms with Gasteiger partial charge in [-0.05, 0) is 23.1 Å². The van der Waals surface area contributed by atoms with Crippen LogP contribution in [-0.4, -0.2) is 16.0 Å². The molecular weight excluding hydrogens is 272 g/mol. The number of fused-ring (bicyclic) bond motifs is 1. The Hall–Kier alpha value is -2.14. The lowest BCUT2D eigenvalue weighted by molar-refractivity contribution is -0.481. The van der Waals surface area contributed by atoms with Crippen LogP contribution in [0, 0.1) is 10.1 Å². The molecule has 0 saturated heterocycles. The van der Waals surface area contributed by atoms with Gasteiger partial charge in [0, 0.05) is 33.9 Å². The fourth-order valence-electron chi connectivity index (χ4n) is 2.63. The van der Waals surface area contributed by atoms with Crippen LogP contribution in [0.4, 0.5) is 0 Å². The van der Waals surface area contributed by atoms with Crippen LogP contribution in [0.3, 0.4) is 0 Å². The quantitative estimate of drug-likeness (QED) is 0.543. The average Bonchev–Trinajstić information content (AvgIpc) is 3.05. The molecule has 0 saturated carbocycles. The van der Waals surface area contributed by atoms with E-state index >= 15 is 0 Å². The summed E-state index contributed by atoms with van der Waals surface area (Å²) in [4.78, 5) is 11.8. The van der Waals surface area contributed by atoms with Crippen LogP contribution < -0.4 is 0 Å². The van der Waals surface area contributed by atoms with Gasteiger partial charge in [0.25, 0.3) is 0 Å². The maximum Gasteiger partial charge on any atom is 0.215 e. The Morgan fingerprint density at radius 2 is 2.10 bits per heavy atom. The van der Waals surface area contributed by atoms with E-state index in [9.17, 15) is 10.1 Å². The molecule has 0 radical (unpaired) electrons. The monoisotopic (exact) mass is 286 g/mol. The summed E-state index contributed by atoms with van der Waals surface area (Å²) in [6.07, 6.45) is 2.01. The molecule has 4 nitrogen and oxygen atoms in total. The molecule has 0 unspecified atom stereocenters.